The standard InChI is InChI=1S/C21H27N3O2/c1-12-4-18(14(3)24(12)19-5-13(2)26-23-19)20(25)22-21-9-15-6-16(10-21)8-17(7-15)11-21/h4-5,15-17H,6-11H2,1-3H3,(H,22,25). The molecule has 4 aliphatic rings. The molecule has 0 radical (unpaired) electrons. The van der Waals surface area contributed by atoms with Crippen molar-refractivity contribution in [1.82, 2.24) is 15.0 Å². The van der Waals surface area contributed by atoms with Crippen molar-refractivity contribution in [2.24, 2.45) is 17.8 Å². The van der Waals surface area contributed by atoms with E-state index in [0.29, 0.717) is 0 Å². The van der Waals surface area contributed by atoms with Crippen molar-refractivity contribution in [2.45, 2.75) is 64.8 Å². The van der Waals surface area contributed by atoms with Crippen LogP contribution in [0, 0.1) is 38.5 Å². The Kier molecular flexibility index (Phi) is 3.40. The molecule has 0 spiro atoms. The molecule has 4 saturated carbocycles. The fourth-order valence-corrected chi connectivity index (χ4v) is 6.38. The first-order valence-electron chi connectivity index (χ1n) is 9.87. The largest absolute Gasteiger partial charge is 0.360 e. The second-order valence-electron chi connectivity index (χ2n) is 9.07. The van der Waals surface area contributed by atoms with Gasteiger partial charge in [-0.05, 0) is 83.1 Å². The molecule has 4 bridgehead atoms. The van der Waals surface area contributed by atoms with Gasteiger partial charge in [-0.1, -0.05) is 5.16 Å². The number of rotatable bonds is 3. The second kappa shape index (κ2) is 5.48. The van der Waals surface area contributed by atoms with Crippen LogP contribution in [0.3, 0.4) is 0 Å². The van der Waals surface area contributed by atoms with Crippen LogP contribution in [0.2, 0.25) is 0 Å². The monoisotopic (exact) mass is 353 g/mol. The van der Waals surface area contributed by atoms with Crippen LogP contribution in [-0.2, 0) is 0 Å². The van der Waals surface area contributed by atoms with Gasteiger partial charge in [0.05, 0.1) is 5.56 Å². The molecule has 4 aliphatic carbocycles. The van der Waals surface area contributed by atoms with E-state index in [1.165, 1.54) is 38.5 Å². The Hall–Kier alpha value is -2.04. The van der Waals surface area contributed by atoms with Gasteiger partial charge in [-0.15, -0.1) is 0 Å². The Labute approximate surface area is 154 Å². The highest BCUT2D eigenvalue weighted by atomic mass is 16.5. The fraction of sp³-hybridized carbons (Fsp3) is 0.619. The highest BCUT2D eigenvalue weighted by Gasteiger charge is 2.51. The number of hydrogen-bond acceptors (Lipinski definition) is 3. The first-order chi connectivity index (χ1) is 12.4. The highest BCUT2D eigenvalue weighted by Crippen LogP contribution is 2.55. The molecule has 1 N–H and O–H groups in total. The number of amides is 1. The summed E-state index contributed by atoms with van der Waals surface area (Å²) >= 11 is 0. The smallest absolute Gasteiger partial charge is 0.253 e. The number of aryl methyl sites for hydroxylation is 2. The molecule has 26 heavy (non-hydrogen) atoms. The van der Waals surface area contributed by atoms with Gasteiger partial charge in [-0.3, -0.25) is 9.36 Å². The van der Waals surface area contributed by atoms with Crippen molar-refractivity contribution < 1.29 is 9.32 Å². The van der Waals surface area contributed by atoms with E-state index in [2.05, 4.69) is 10.5 Å². The molecule has 0 atom stereocenters. The zero-order chi connectivity index (χ0) is 18.1. The summed E-state index contributed by atoms with van der Waals surface area (Å²) in [6.45, 7) is 5.88. The van der Waals surface area contributed by atoms with Gasteiger partial charge in [0.1, 0.15) is 5.76 Å². The first kappa shape index (κ1) is 16.2. The Morgan fingerprint density at radius 2 is 1.73 bits per heavy atom. The third-order valence-electron chi connectivity index (χ3n) is 6.94. The second-order valence-corrected chi connectivity index (χ2v) is 9.07. The Morgan fingerprint density at radius 1 is 1.12 bits per heavy atom. The van der Waals surface area contributed by atoms with Gasteiger partial charge < -0.3 is 9.84 Å². The van der Waals surface area contributed by atoms with Crippen LogP contribution in [0.25, 0.3) is 5.82 Å². The van der Waals surface area contributed by atoms with Gasteiger partial charge in [0.2, 0.25) is 0 Å². The number of nitrogens with one attached hydrogen (secondary N) is 1. The minimum Gasteiger partial charge on any atom is -0.360 e. The zero-order valence-corrected chi connectivity index (χ0v) is 15.8. The van der Waals surface area contributed by atoms with Crippen LogP contribution in [0.1, 0.15) is 66.0 Å². The average Bonchev–Trinajstić information content (AvgIpc) is 3.08. The first-order valence-corrected chi connectivity index (χ1v) is 9.87. The van der Waals surface area contributed by atoms with Crippen molar-refractivity contribution in [2.75, 3.05) is 0 Å². The molecule has 5 nitrogen and oxygen atoms in total. The van der Waals surface area contributed by atoms with Gasteiger partial charge in [0.15, 0.2) is 5.82 Å². The van der Waals surface area contributed by atoms with Gasteiger partial charge >= 0.3 is 0 Å². The molecule has 6 rings (SSSR count). The summed E-state index contributed by atoms with van der Waals surface area (Å²) in [5.41, 5.74) is 2.74. The van der Waals surface area contributed by atoms with Crippen molar-refractivity contribution in [3.8, 4) is 5.82 Å². The summed E-state index contributed by atoms with van der Waals surface area (Å²) in [4.78, 5) is 13.2. The van der Waals surface area contributed by atoms with E-state index in [1.807, 2.05) is 37.5 Å². The van der Waals surface area contributed by atoms with Crippen molar-refractivity contribution >= 4 is 5.91 Å². The molecule has 4 fully saturated rings. The predicted molar refractivity (Wildman–Crippen MR) is 98.4 cm³/mol. The maximum absolute atomic E-state index is 13.2. The van der Waals surface area contributed by atoms with Crippen molar-refractivity contribution in [1.29, 1.82) is 0 Å². The van der Waals surface area contributed by atoms with Gasteiger partial charge in [0, 0.05) is 23.0 Å². The van der Waals surface area contributed by atoms with E-state index < -0.39 is 0 Å². The van der Waals surface area contributed by atoms with Gasteiger partial charge in [0.25, 0.3) is 5.91 Å². The molecule has 2 heterocycles. The van der Waals surface area contributed by atoms with Crippen LogP contribution in [0.15, 0.2) is 16.7 Å². The molecular weight excluding hydrogens is 326 g/mol. The van der Waals surface area contributed by atoms with Gasteiger partial charge in [-0.25, -0.2) is 0 Å². The molecule has 1 amide bonds. The predicted octanol–water partition coefficient (Wildman–Crippen LogP) is 4.09. The minimum absolute atomic E-state index is 0.0404. The normalized spacial score (nSPS) is 32.2. The van der Waals surface area contributed by atoms with Gasteiger partial charge in [-0.2, -0.15) is 0 Å². The Bertz CT molecular complexity index is 841. The lowest BCUT2D eigenvalue weighted by molar-refractivity contribution is -0.0167. The molecule has 0 saturated heterocycles. The zero-order valence-electron chi connectivity index (χ0n) is 15.8. The maximum Gasteiger partial charge on any atom is 0.253 e. The summed E-state index contributed by atoms with van der Waals surface area (Å²) < 4.78 is 7.22. The molecule has 5 heteroatoms. The minimum atomic E-state index is 0.0404. The van der Waals surface area contributed by atoms with Crippen LogP contribution in [-0.4, -0.2) is 21.2 Å². The quantitative estimate of drug-likeness (QED) is 0.904. The topological polar surface area (TPSA) is 60.1 Å². The molecule has 0 aliphatic heterocycles. The van der Waals surface area contributed by atoms with Crippen LogP contribution in [0.4, 0.5) is 0 Å². The van der Waals surface area contributed by atoms with E-state index in [4.69, 9.17) is 4.52 Å². The number of carbonyl (C=O) groups excluding carboxylic acids is 1. The molecule has 0 aromatic carbocycles. The lowest BCUT2D eigenvalue weighted by atomic mass is 9.53. The fourth-order valence-electron chi connectivity index (χ4n) is 6.38. The lowest BCUT2D eigenvalue weighted by Gasteiger charge is -2.56. The molecular formula is C21H27N3O2. The summed E-state index contributed by atoms with van der Waals surface area (Å²) in [6.07, 6.45) is 7.67. The van der Waals surface area contributed by atoms with Crippen molar-refractivity contribution in [3.05, 3.63) is 34.8 Å². The molecule has 138 valence electrons. The summed E-state index contributed by atoms with van der Waals surface area (Å²) in [6, 6.07) is 3.88. The third kappa shape index (κ3) is 2.43. The van der Waals surface area contributed by atoms with Crippen LogP contribution in [0.5, 0.6) is 0 Å². The number of aromatic nitrogens is 2. The SMILES string of the molecule is Cc1cc(-n2c(C)cc(C(=O)NC34CC5CC(CC(C5)C3)C4)c2C)no1. The molecule has 2 aromatic heterocycles. The summed E-state index contributed by atoms with van der Waals surface area (Å²) in [5.74, 6) is 4.07. The maximum atomic E-state index is 13.2. The van der Waals surface area contributed by atoms with E-state index in [0.717, 1.165) is 46.3 Å². The highest BCUT2D eigenvalue weighted by molar-refractivity contribution is 5.96. The number of nitrogens with zero attached hydrogens (tertiary/aromatic N) is 2. The van der Waals surface area contributed by atoms with E-state index in [-0.39, 0.29) is 11.4 Å². The van der Waals surface area contributed by atoms with Crippen LogP contribution < -0.4 is 5.32 Å². The lowest BCUT2D eigenvalue weighted by Crippen LogP contribution is -2.59. The van der Waals surface area contributed by atoms with Crippen LogP contribution >= 0.6 is 0 Å². The van der Waals surface area contributed by atoms with Crippen molar-refractivity contribution in [3.63, 3.8) is 0 Å². The Morgan fingerprint density at radius 3 is 2.27 bits per heavy atom. The molecule has 0 unspecified atom stereocenters. The average molecular weight is 353 g/mol. The number of carbonyl (C=O) groups is 1. The van der Waals surface area contributed by atoms with E-state index in [1.54, 1.807) is 0 Å². The van der Waals surface area contributed by atoms with E-state index in [9.17, 15) is 4.79 Å². The molecule has 2 aromatic rings. The summed E-state index contributed by atoms with van der Waals surface area (Å²) in [5, 5.41) is 7.60. The Balaban J connectivity index is 1.43. The number of hydrogen-bond donors (Lipinski definition) is 1. The summed E-state index contributed by atoms with van der Waals surface area (Å²) in [7, 11) is 0. The third-order valence-corrected chi connectivity index (χ3v) is 6.94. The van der Waals surface area contributed by atoms with E-state index >= 15 is 0 Å².